The average molecular weight is 374 g/mol. The first-order valence-electron chi connectivity index (χ1n) is 7.89. The number of anilines is 1. The van der Waals surface area contributed by atoms with E-state index < -0.39 is 0 Å². The van der Waals surface area contributed by atoms with E-state index in [4.69, 9.17) is 0 Å². The van der Waals surface area contributed by atoms with E-state index >= 15 is 0 Å². The molecule has 2 aliphatic rings. The van der Waals surface area contributed by atoms with E-state index in [1.54, 1.807) is 12.5 Å². The zero-order valence-electron chi connectivity index (χ0n) is 12.5. The SMILES string of the molecule is Brc1cn(C2CC2)c2ncnc(NCC3(n4ccnn4)CC3)c12. The highest BCUT2D eigenvalue weighted by Crippen LogP contribution is 2.44. The third-order valence-corrected chi connectivity index (χ3v) is 5.43. The monoisotopic (exact) mass is 373 g/mol. The molecule has 0 saturated heterocycles. The molecule has 0 spiro atoms. The number of nitrogens with one attached hydrogen (secondary N) is 1. The maximum Gasteiger partial charge on any atom is 0.146 e. The van der Waals surface area contributed by atoms with Crippen LogP contribution in [-0.4, -0.2) is 36.1 Å². The summed E-state index contributed by atoms with van der Waals surface area (Å²) in [6, 6.07) is 0.594. The van der Waals surface area contributed by atoms with Crippen molar-refractivity contribution >= 4 is 32.8 Å². The fourth-order valence-electron chi connectivity index (χ4n) is 3.15. The molecule has 3 aromatic heterocycles. The van der Waals surface area contributed by atoms with Crippen LogP contribution in [0.1, 0.15) is 31.7 Å². The second-order valence-corrected chi connectivity index (χ2v) is 7.32. The van der Waals surface area contributed by atoms with Gasteiger partial charge in [0.25, 0.3) is 0 Å². The van der Waals surface area contributed by atoms with E-state index in [0.29, 0.717) is 6.04 Å². The van der Waals surface area contributed by atoms with Crippen LogP contribution in [0.15, 0.2) is 29.4 Å². The Morgan fingerprint density at radius 3 is 2.87 bits per heavy atom. The molecule has 0 bridgehead atoms. The van der Waals surface area contributed by atoms with Crippen molar-refractivity contribution in [3.8, 4) is 0 Å². The number of halogens is 1. The first-order chi connectivity index (χ1) is 11.3. The van der Waals surface area contributed by atoms with Crippen LogP contribution in [0, 0.1) is 0 Å². The summed E-state index contributed by atoms with van der Waals surface area (Å²) in [4.78, 5) is 8.95. The molecular weight excluding hydrogens is 358 g/mol. The van der Waals surface area contributed by atoms with Gasteiger partial charge >= 0.3 is 0 Å². The van der Waals surface area contributed by atoms with Gasteiger partial charge in [0.15, 0.2) is 0 Å². The highest BCUT2D eigenvalue weighted by Gasteiger charge is 2.45. The number of fused-ring (bicyclic) bond motifs is 1. The van der Waals surface area contributed by atoms with Crippen LogP contribution >= 0.6 is 15.9 Å². The van der Waals surface area contributed by atoms with Gasteiger partial charge in [-0.15, -0.1) is 5.10 Å². The molecule has 3 heterocycles. The quantitative estimate of drug-likeness (QED) is 0.744. The highest BCUT2D eigenvalue weighted by atomic mass is 79.9. The lowest BCUT2D eigenvalue weighted by atomic mass is 10.2. The Labute approximate surface area is 141 Å². The minimum Gasteiger partial charge on any atom is -0.367 e. The molecule has 7 nitrogen and oxygen atoms in total. The van der Waals surface area contributed by atoms with Gasteiger partial charge in [-0.3, -0.25) is 0 Å². The predicted molar refractivity (Wildman–Crippen MR) is 89.2 cm³/mol. The summed E-state index contributed by atoms with van der Waals surface area (Å²) in [6.07, 6.45) is 12.1. The molecule has 118 valence electrons. The number of hydrogen-bond donors (Lipinski definition) is 1. The summed E-state index contributed by atoms with van der Waals surface area (Å²) in [5, 5.41) is 12.7. The first-order valence-corrected chi connectivity index (χ1v) is 8.68. The van der Waals surface area contributed by atoms with E-state index in [1.807, 2.05) is 10.9 Å². The molecule has 2 fully saturated rings. The number of hydrogen-bond acceptors (Lipinski definition) is 5. The topological polar surface area (TPSA) is 73.5 Å². The van der Waals surface area contributed by atoms with E-state index in [1.165, 1.54) is 12.8 Å². The van der Waals surface area contributed by atoms with E-state index in [2.05, 4.69) is 52.3 Å². The van der Waals surface area contributed by atoms with Gasteiger partial charge in [-0.2, -0.15) is 0 Å². The van der Waals surface area contributed by atoms with Gasteiger partial charge in [0, 0.05) is 29.5 Å². The summed E-state index contributed by atoms with van der Waals surface area (Å²) in [5.74, 6) is 0.882. The molecule has 0 unspecified atom stereocenters. The fraction of sp³-hybridized carbons (Fsp3) is 0.467. The lowest BCUT2D eigenvalue weighted by Crippen LogP contribution is -2.27. The second-order valence-electron chi connectivity index (χ2n) is 6.46. The summed E-state index contributed by atoms with van der Waals surface area (Å²) in [6.45, 7) is 0.795. The van der Waals surface area contributed by atoms with Crippen LogP contribution in [0.3, 0.4) is 0 Å². The largest absolute Gasteiger partial charge is 0.367 e. The van der Waals surface area contributed by atoms with E-state index in [9.17, 15) is 0 Å². The third-order valence-electron chi connectivity index (χ3n) is 4.82. The molecule has 0 amide bonds. The Bertz CT molecular complexity index is 861. The van der Waals surface area contributed by atoms with Crippen molar-refractivity contribution in [1.82, 2.24) is 29.5 Å². The van der Waals surface area contributed by atoms with Crippen LogP contribution in [0.2, 0.25) is 0 Å². The number of aromatic nitrogens is 6. The zero-order valence-corrected chi connectivity index (χ0v) is 14.1. The Morgan fingerprint density at radius 1 is 1.30 bits per heavy atom. The summed E-state index contributed by atoms with van der Waals surface area (Å²) >= 11 is 3.67. The van der Waals surface area contributed by atoms with Crippen molar-refractivity contribution in [1.29, 1.82) is 0 Å². The molecule has 2 saturated carbocycles. The normalized spacial score (nSPS) is 19.2. The summed E-state index contributed by atoms with van der Waals surface area (Å²) < 4.78 is 5.27. The predicted octanol–water partition coefficient (Wildman–Crippen LogP) is 2.72. The first kappa shape index (κ1) is 13.5. The van der Waals surface area contributed by atoms with Gasteiger partial charge in [-0.1, -0.05) is 5.21 Å². The maximum atomic E-state index is 4.49. The molecule has 0 radical (unpaired) electrons. The second kappa shape index (κ2) is 4.77. The average Bonchev–Trinajstić information content (AvgIpc) is 3.48. The van der Waals surface area contributed by atoms with Gasteiger partial charge in [-0.25, -0.2) is 14.6 Å². The Balaban J connectivity index is 1.47. The van der Waals surface area contributed by atoms with Crippen LogP contribution in [0.5, 0.6) is 0 Å². The molecular formula is C15H16BrN7. The van der Waals surface area contributed by atoms with Crippen LogP contribution in [0.25, 0.3) is 11.0 Å². The molecule has 1 N–H and O–H groups in total. The van der Waals surface area contributed by atoms with E-state index in [0.717, 1.165) is 40.7 Å². The van der Waals surface area contributed by atoms with Crippen molar-refractivity contribution in [2.45, 2.75) is 37.3 Å². The Morgan fingerprint density at radius 2 is 2.17 bits per heavy atom. The molecule has 2 aliphatic carbocycles. The fourth-order valence-corrected chi connectivity index (χ4v) is 3.73. The highest BCUT2D eigenvalue weighted by molar-refractivity contribution is 9.10. The van der Waals surface area contributed by atoms with Crippen molar-refractivity contribution in [2.24, 2.45) is 0 Å². The lowest BCUT2D eigenvalue weighted by molar-refractivity contribution is 0.439. The number of nitrogens with zero attached hydrogens (tertiary/aromatic N) is 6. The van der Waals surface area contributed by atoms with Gasteiger partial charge < -0.3 is 9.88 Å². The number of rotatable bonds is 5. The van der Waals surface area contributed by atoms with Gasteiger partial charge in [0.1, 0.15) is 17.8 Å². The van der Waals surface area contributed by atoms with Crippen LogP contribution in [-0.2, 0) is 5.54 Å². The minimum atomic E-state index is 0.0410. The third kappa shape index (κ3) is 2.15. The van der Waals surface area contributed by atoms with Crippen LogP contribution < -0.4 is 5.32 Å². The van der Waals surface area contributed by atoms with Gasteiger partial charge in [-0.05, 0) is 41.6 Å². The Kier molecular flexibility index (Phi) is 2.79. The molecule has 0 atom stereocenters. The summed E-state index contributed by atoms with van der Waals surface area (Å²) in [7, 11) is 0. The lowest BCUT2D eigenvalue weighted by Gasteiger charge is -2.16. The van der Waals surface area contributed by atoms with Crippen LogP contribution in [0.4, 0.5) is 5.82 Å². The zero-order chi connectivity index (χ0) is 15.4. The molecule has 0 aromatic carbocycles. The molecule has 0 aliphatic heterocycles. The maximum absolute atomic E-state index is 4.49. The minimum absolute atomic E-state index is 0.0410. The summed E-state index contributed by atoms with van der Waals surface area (Å²) in [5.41, 5.74) is 1.04. The van der Waals surface area contributed by atoms with E-state index in [-0.39, 0.29) is 5.54 Å². The molecule has 3 aromatic rings. The molecule has 23 heavy (non-hydrogen) atoms. The van der Waals surface area contributed by atoms with Crippen molar-refractivity contribution < 1.29 is 0 Å². The van der Waals surface area contributed by atoms with Crippen molar-refractivity contribution in [2.75, 3.05) is 11.9 Å². The smallest absolute Gasteiger partial charge is 0.146 e. The van der Waals surface area contributed by atoms with Gasteiger partial charge in [0.05, 0.1) is 17.1 Å². The molecule has 5 rings (SSSR count). The van der Waals surface area contributed by atoms with Crippen molar-refractivity contribution in [3.63, 3.8) is 0 Å². The van der Waals surface area contributed by atoms with Gasteiger partial charge in [0.2, 0.25) is 0 Å². The Hall–Kier alpha value is -1.96. The van der Waals surface area contributed by atoms with Crippen molar-refractivity contribution in [3.05, 3.63) is 29.4 Å². The molecule has 8 heteroatoms. The standard InChI is InChI=1S/C15H16BrN7/c16-11-7-22(10-1-2-10)14-12(11)13(18-9-19-14)17-8-15(3-4-15)23-6-5-20-21-23/h5-7,9-10H,1-4,8H2,(H,17,18,19).